The summed E-state index contributed by atoms with van der Waals surface area (Å²) in [6.07, 6.45) is 3.83. The lowest BCUT2D eigenvalue weighted by Gasteiger charge is -2.24. The molecule has 0 unspecified atom stereocenters. The first-order chi connectivity index (χ1) is 12.8. The molecule has 3 heterocycles. The standard InChI is InChI=1S/C20H23N5O/c1-2-25-19-17(13-22-25)16(20(26)23-15-9-6-10-21-12-15)11-18(24-19)14-7-4-3-5-8-14/h3-5,7-8,11,13,15,21H,2,6,9-10,12H2,1H3,(H,23,26)/t15-/m0/s1. The molecule has 2 N–H and O–H groups in total. The fourth-order valence-electron chi connectivity index (χ4n) is 3.46. The van der Waals surface area contributed by atoms with E-state index in [9.17, 15) is 4.79 Å². The Morgan fingerprint density at radius 3 is 2.92 bits per heavy atom. The van der Waals surface area contributed by atoms with E-state index >= 15 is 0 Å². The summed E-state index contributed by atoms with van der Waals surface area (Å²) in [6.45, 7) is 4.58. The lowest BCUT2D eigenvalue weighted by Crippen LogP contribution is -2.45. The Labute approximate surface area is 152 Å². The molecule has 1 atom stereocenters. The number of carbonyl (C=O) groups excluding carboxylic acids is 1. The van der Waals surface area contributed by atoms with Gasteiger partial charge in [-0.2, -0.15) is 5.10 Å². The molecule has 0 spiro atoms. The van der Waals surface area contributed by atoms with E-state index in [0.717, 1.165) is 48.2 Å². The average molecular weight is 349 g/mol. The number of piperidine rings is 1. The normalized spacial score (nSPS) is 17.3. The molecule has 4 rings (SSSR count). The van der Waals surface area contributed by atoms with E-state index in [-0.39, 0.29) is 11.9 Å². The summed E-state index contributed by atoms with van der Waals surface area (Å²) in [6, 6.07) is 12.0. The molecule has 1 fully saturated rings. The number of nitrogens with one attached hydrogen (secondary N) is 2. The zero-order valence-electron chi connectivity index (χ0n) is 14.9. The molecule has 1 amide bonds. The van der Waals surface area contributed by atoms with Crippen LogP contribution in [0.5, 0.6) is 0 Å². The number of carbonyl (C=O) groups is 1. The van der Waals surface area contributed by atoms with Crippen molar-refractivity contribution in [3.63, 3.8) is 0 Å². The molecule has 0 bridgehead atoms. The molecule has 1 aromatic carbocycles. The Hall–Kier alpha value is -2.73. The van der Waals surface area contributed by atoms with E-state index < -0.39 is 0 Å². The van der Waals surface area contributed by atoms with E-state index in [2.05, 4.69) is 15.7 Å². The molecule has 26 heavy (non-hydrogen) atoms. The van der Waals surface area contributed by atoms with Gasteiger partial charge in [0.2, 0.25) is 0 Å². The molecule has 1 aliphatic heterocycles. The van der Waals surface area contributed by atoms with Crippen molar-refractivity contribution in [3.05, 3.63) is 48.2 Å². The number of hydrogen-bond acceptors (Lipinski definition) is 4. The van der Waals surface area contributed by atoms with Crippen molar-refractivity contribution in [1.82, 2.24) is 25.4 Å². The third-order valence-electron chi connectivity index (χ3n) is 4.86. The fourth-order valence-corrected chi connectivity index (χ4v) is 3.46. The van der Waals surface area contributed by atoms with Crippen LogP contribution in [0.3, 0.4) is 0 Å². The van der Waals surface area contributed by atoms with Gasteiger partial charge in [-0.25, -0.2) is 9.67 Å². The third-order valence-corrected chi connectivity index (χ3v) is 4.86. The predicted molar refractivity (Wildman–Crippen MR) is 102 cm³/mol. The SMILES string of the molecule is CCn1ncc2c(C(=O)N[C@H]3CCCNC3)cc(-c3ccccc3)nc21. The van der Waals surface area contributed by atoms with Crippen molar-refractivity contribution in [1.29, 1.82) is 0 Å². The Bertz CT molecular complexity index is 913. The minimum Gasteiger partial charge on any atom is -0.348 e. The second-order valence-electron chi connectivity index (χ2n) is 6.64. The van der Waals surface area contributed by atoms with Crippen LogP contribution in [0.1, 0.15) is 30.1 Å². The molecule has 6 heteroatoms. The minimum atomic E-state index is -0.0565. The number of benzene rings is 1. The topological polar surface area (TPSA) is 71.8 Å². The van der Waals surface area contributed by atoms with Gasteiger partial charge < -0.3 is 10.6 Å². The molecular formula is C20H23N5O. The first-order valence-corrected chi connectivity index (χ1v) is 9.20. The maximum atomic E-state index is 13.0. The van der Waals surface area contributed by atoms with E-state index in [0.29, 0.717) is 12.1 Å². The van der Waals surface area contributed by atoms with Gasteiger partial charge in [0, 0.05) is 24.7 Å². The number of rotatable bonds is 4. The van der Waals surface area contributed by atoms with Crippen molar-refractivity contribution < 1.29 is 4.79 Å². The van der Waals surface area contributed by atoms with Crippen molar-refractivity contribution in [3.8, 4) is 11.3 Å². The molecule has 0 radical (unpaired) electrons. The zero-order chi connectivity index (χ0) is 17.9. The quantitative estimate of drug-likeness (QED) is 0.759. The summed E-state index contributed by atoms with van der Waals surface area (Å²) in [5, 5.41) is 11.7. The van der Waals surface area contributed by atoms with Crippen LogP contribution in [0.4, 0.5) is 0 Å². The highest BCUT2D eigenvalue weighted by Crippen LogP contribution is 2.25. The lowest BCUT2D eigenvalue weighted by molar-refractivity contribution is 0.0932. The van der Waals surface area contributed by atoms with Crippen molar-refractivity contribution >= 4 is 16.9 Å². The second kappa shape index (κ2) is 7.25. The van der Waals surface area contributed by atoms with Crippen LogP contribution < -0.4 is 10.6 Å². The summed E-state index contributed by atoms with van der Waals surface area (Å²) in [5.41, 5.74) is 3.17. The Morgan fingerprint density at radius 2 is 2.19 bits per heavy atom. The highest BCUT2D eigenvalue weighted by atomic mass is 16.1. The van der Waals surface area contributed by atoms with Crippen LogP contribution in [0, 0.1) is 0 Å². The van der Waals surface area contributed by atoms with Gasteiger partial charge in [-0.1, -0.05) is 30.3 Å². The maximum absolute atomic E-state index is 13.0. The molecule has 2 aromatic heterocycles. The number of hydrogen-bond donors (Lipinski definition) is 2. The minimum absolute atomic E-state index is 0.0565. The summed E-state index contributed by atoms with van der Waals surface area (Å²) in [5.74, 6) is -0.0565. The highest BCUT2D eigenvalue weighted by Gasteiger charge is 2.21. The Balaban J connectivity index is 1.76. The maximum Gasteiger partial charge on any atom is 0.252 e. The smallest absolute Gasteiger partial charge is 0.252 e. The van der Waals surface area contributed by atoms with E-state index in [1.807, 2.05) is 48.0 Å². The number of amides is 1. The largest absolute Gasteiger partial charge is 0.348 e. The Morgan fingerprint density at radius 1 is 1.35 bits per heavy atom. The van der Waals surface area contributed by atoms with Gasteiger partial charge in [0.25, 0.3) is 5.91 Å². The monoisotopic (exact) mass is 349 g/mol. The van der Waals surface area contributed by atoms with Gasteiger partial charge in [-0.05, 0) is 32.4 Å². The third kappa shape index (κ3) is 3.20. The van der Waals surface area contributed by atoms with Gasteiger partial charge in [-0.3, -0.25) is 4.79 Å². The van der Waals surface area contributed by atoms with Crippen LogP contribution in [-0.2, 0) is 6.54 Å². The number of fused-ring (bicyclic) bond motifs is 1. The van der Waals surface area contributed by atoms with E-state index in [1.165, 1.54) is 0 Å². The van der Waals surface area contributed by atoms with Crippen LogP contribution >= 0.6 is 0 Å². The first kappa shape index (κ1) is 16.7. The number of aromatic nitrogens is 3. The van der Waals surface area contributed by atoms with Gasteiger partial charge in [0.15, 0.2) is 5.65 Å². The lowest BCUT2D eigenvalue weighted by atomic mass is 10.0. The molecule has 6 nitrogen and oxygen atoms in total. The van der Waals surface area contributed by atoms with Crippen LogP contribution in [0.25, 0.3) is 22.3 Å². The number of aryl methyl sites for hydroxylation is 1. The van der Waals surface area contributed by atoms with Crippen LogP contribution in [0.15, 0.2) is 42.6 Å². The fraction of sp³-hybridized carbons (Fsp3) is 0.350. The second-order valence-corrected chi connectivity index (χ2v) is 6.64. The van der Waals surface area contributed by atoms with E-state index in [1.54, 1.807) is 6.20 Å². The molecule has 1 aliphatic rings. The molecule has 1 saturated heterocycles. The molecule has 134 valence electrons. The molecule has 0 saturated carbocycles. The van der Waals surface area contributed by atoms with Gasteiger partial charge >= 0.3 is 0 Å². The summed E-state index contributed by atoms with van der Waals surface area (Å²) in [7, 11) is 0. The zero-order valence-corrected chi connectivity index (χ0v) is 14.9. The first-order valence-electron chi connectivity index (χ1n) is 9.20. The summed E-state index contributed by atoms with van der Waals surface area (Å²) in [4.78, 5) is 17.8. The number of nitrogens with zero attached hydrogens (tertiary/aromatic N) is 3. The van der Waals surface area contributed by atoms with Crippen LogP contribution in [0.2, 0.25) is 0 Å². The highest BCUT2D eigenvalue weighted by molar-refractivity contribution is 6.06. The van der Waals surface area contributed by atoms with Crippen LogP contribution in [-0.4, -0.2) is 39.8 Å². The number of pyridine rings is 1. The Kier molecular flexibility index (Phi) is 4.67. The van der Waals surface area contributed by atoms with Gasteiger partial charge in [0.05, 0.1) is 22.8 Å². The molecule has 0 aliphatic carbocycles. The molecular weight excluding hydrogens is 326 g/mol. The van der Waals surface area contributed by atoms with Crippen molar-refractivity contribution in [2.24, 2.45) is 0 Å². The van der Waals surface area contributed by atoms with E-state index in [4.69, 9.17) is 4.98 Å². The van der Waals surface area contributed by atoms with Crippen molar-refractivity contribution in [2.75, 3.05) is 13.1 Å². The van der Waals surface area contributed by atoms with Gasteiger partial charge in [0.1, 0.15) is 0 Å². The van der Waals surface area contributed by atoms with Crippen molar-refractivity contribution in [2.45, 2.75) is 32.4 Å². The summed E-state index contributed by atoms with van der Waals surface area (Å²) < 4.78 is 1.83. The molecule has 3 aromatic rings. The average Bonchev–Trinajstić information content (AvgIpc) is 3.11. The predicted octanol–water partition coefficient (Wildman–Crippen LogP) is 2.60. The summed E-state index contributed by atoms with van der Waals surface area (Å²) >= 11 is 0. The van der Waals surface area contributed by atoms with Gasteiger partial charge in [-0.15, -0.1) is 0 Å².